The van der Waals surface area contributed by atoms with Gasteiger partial charge in [0.1, 0.15) is 0 Å². The summed E-state index contributed by atoms with van der Waals surface area (Å²) in [6.07, 6.45) is 23.4. The number of halogens is 2. The molecule has 0 saturated heterocycles. The van der Waals surface area contributed by atoms with Crippen molar-refractivity contribution in [2.24, 2.45) is 5.73 Å². The quantitative estimate of drug-likeness (QED) is 0.336. The molecule has 0 unspecified atom stereocenters. The van der Waals surface area contributed by atoms with Crippen molar-refractivity contribution in [2.45, 2.75) is 96.8 Å². The highest BCUT2D eigenvalue weighted by Crippen LogP contribution is 2.12. The second kappa shape index (κ2) is 28.5. The van der Waals surface area contributed by atoms with Gasteiger partial charge in [-0.05, 0) is 25.1 Å². The van der Waals surface area contributed by atoms with E-state index in [1.807, 2.05) is 18.2 Å². The van der Waals surface area contributed by atoms with Crippen LogP contribution >= 0.6 is 24.8 Å². The highest BCUT2D eigenvalue weighted by molar-refractivity contribution is 5.85. The molecule has 0 saturated carbocycles. The van der Waals surface area contributed by atoms with E-state index in [1.165, 1.54) is 89.9 Å². The van der Waals surface area contributed by atoms with Gasteiger partial charge in [-0.25, -0.2) is 0 Å². The average Bonchev–Trinajstić information content (AvgIpc) is 2.61. The molecule has 25 heavy (non-hydrogen) atoms. The molecule has 0 radical (unpaired) electrons. The van der Waals surface area contributed by atoms with E-state index in [0.717, 1.165) is 6.54 Å². The summed E-state index contributed by atoms with van der Waals surface area (Å²) in [5.41, 5.74) is 5.47. The van der Waals surface area contributed by atoms with Crippen LogP contribution < -0.4 is 5.73 Å². The van der Waals surface area contributed by atoms with Gasteiger partial charge < -0.3 is 5.73 Å². The summed E-state index contributed by atoms with van der Waals surface area (Å²) in [5.74, 6) is 0. The molecule has 2 nitrogen and oxygen atoms in total. The van der Waals surface area contributed by atoms with Crippen LogP contribution in [0, 0.1) is 0 Å². The molecule has 1 heterocycles. The molecule has 0 aromatic carbocycles. The van der Waals surface area contributed by atoms with Crippen molar-refractivity contribution < 1.29 is 0 Å². The average molecular weight is 393 g/mol. The third-order valence-electron chi connectivity index (χ3n) is 4.12. The number of aromatic nitrogens is 1. The maximum absolute atomic E-state index is 5.47. The first-order chi connectivity index (χ1) is 11.4. The molecule has 1 aromatic heterocycles. The van der Waals surface area contributed by atoms with E-state index in [2.05, 4.69) is 11.9 Å². The lowest BCUT2D eigenvalue weighted by molar-refractivity contribution is 0.536. The Balaban J connectivity index is -0.000000509. The van der Waals surface area contributed by atoms with Crippen LogP contribution in [0.2, 0.25) is 0 Å². The predicted octanol–water partition coefficient (Wildman–Crippen LogP) is 7.35. The van der Waals surface area contributed by atoms with Crippen molar-refractivity contribution in [3.8, 4) is 0 Å². The van der Waals surface area contributed by atoms with E-state index in [1.54, 1.807) is 12.4 Å². The third kappa shape index (κ3) is 28.7. The maximum Gasteiger partial charge on any atom is 0.0267 e. The number of pyridine rings is 1. The summed E-state index contributed by atoms with van der Waals surface area (Å²) in [7, 11) is 0. The molecule has 0 aliphatic heterocycles. The summed E-state index contributed by atoms with van der Waals surface area (Å²) in [4.78, 5) is 3.78. The summed E-state index contributed by atoms with van der Waals surface area (Å²) >= 11 is 0. The van der Waals surface area contributed by atoms with E-state index < -0.39 is 0 Å². The summed E-state index contributed by atoms with van der Waals surface area (Å²) in [6.45, 7) is 3.16. The van der Waals surface area contributed by atoms with E-state index in [9.17, 15) is 0 Å². The van der Waals surface area contributed by atoms with Crippen LogP contribution in [-0.2, 0) is 0 Å². The molecule has 4 heteroatoms. The molecule has 150 valence electrons. The largest absolute Gasteiger partial charge is 0.330 e. The zero-order chi connectivity index (χ0) is 16.8. The number of hydrogen-bond donors (Lipinski definition) is 1. The Hall–Kier alpha value is -0.310. The Kier molecular flexibility index (Phi) is 33.6. The van der Waals surface area contributed by atoms with Gasteiger partial charge in [0.2, 0.25) is 0 Å². The minimum Gasteiger partial charge on any atom is -0.330 e. The Morgan fingerprint density at radius 2 is 0.920 bits per heavy atom. The van der Waals surface area contributed by atoms with Gasteiger partial charge in [-0.2, -0.15) is 0 Å². The number of unbranched alkanes of at least 4 members (excludes halogenated alkanes) is 13. The molecule has 0 bridgehead atoms. The fourth-order valence-electron chi connectivity index (χ4n) is 2.65. The lowest BCUT2D eigenvalue weighted by atomic mass is 10.0. The van der Waals surface area contributed by atoms with Crippen molar-refractivity contribution in [1.82, 2.24) is 4.98 Å². The summed E-state index contributed by atoms with van der Waals surface area (Å²) in [6, 6.07) is 5.72. The number of hydrogen-bond acceptors (Lipinski definition) is 2. The molecule has 0 aliphatic rings. The van der Waals surface area contributed by atoms with Gasteiger partial charge in [0.15, 0.2) is 0 Å². The zero-order valence-corrected chi connectivity index (χ0v) is 18.0. The Morgan fingerprint density at radius 1 is 0.560 bits per heavy atom. The zero-order valence-electron chi connectivity index (χ0n) is 16.3. The molecular weight excluding hydrogens is 351 g/mol. The van der Waals surface area contributed by atoms with Crippen molar-refractivity contribution >= 4 is 24.8 Å². The second-order valence-electron chi connectivity index (χ2n) is 6.41. The van der Waals surface area contributed by atoms with E-state index >= 15 is 0 Å². The van der Waals surface area contributed by atoms with Crippen LogP contribution in [0.4, 0.5) is 0 Å². The minimum atomic E-state index is 0. The molecular formula is C21H42Cl2N2. The predicted molar refractivity (Wildman–Crippen MR) is 118 cm³/mol. The summed E-state index contributed by atoms with van der Waals surface area (Å²) in [5, 5.41) is 0. The van der Waals surface area contributed by atoms with Gasteiger partial charge in [-0.1, -0.05) is 96.5 Å². The first-order valence-electron chi connectivity index (χ1n) is 9.97. The van der Waals surface area contributed by atoms with E-state index in [4.69, 9.17) is 5.73 Å². The van der Waals surface area contributed by atoms with E-state index in [0.29, 0.717) is 0 Å². The van der Waals surface area contributed by atoms with Crippen LogP contribution in [0.1, 0.15) is 96.8 Å². The summed E-state index contributed by atoms with van der Waals surface area (Å²) < 4.78 is 0. The van der Waals surface area contributed by atoms with Gasteiger partial charge in [0, 0.05) is 12.4 Å². The molecule has 2 N–H and O–H groups in total. The van der Waals surface area contributed by atoms with Crippen molar-refractivity contribution in [3.63, 3.8) is 0 Å². The molecule has 1 aromatic rings. The molecule has 0 fully saturated rings. The fourth-order valence-corrected chi connectivity index (χ4v) is 2.65. The smallest absolute Gasteiger partial charge is 0.0267 e. The van der Waals surface area contributed by atoms with Crippen LogP contribution in [-0.4, -0.2) is 11.5 Å². The minimum absolute atomic E-state index is 0. The molecule has 1 rings (SSSR count). The monoisotopic (exact) mass is 392 g/mol. The Labute approximate surface area is 169 Å². The fraction of sp³-hybridized carbons (Fsp3) is 0.762. The first kappa shape index (κ1) is 29.5. The lowest BCUT2D eigenvalue weighted by Gasteiger charge is -2.02. The van der Waals surface area contributed by atoms with Gasteiger partial charge in [0.25, 0.3) is 0 Å². The third-order valence-corrected chi connectivity index (χ3v) is 4.12. The van der Waals surface area contributed by atoms with Gasteiger partial charge in [0.05, 0.1) is 0 Å². The lowest BCUT2D eigenvalue weighted by Crippen LogP contribution is -1.97. The van der Waals surface area contributed by atoms with Crippen LogP contribution in [0.15, 0.2) is 30.6 Å². The standard InChI is InChI=1S/C16H35N.C5H5N.2ClH/c1-2-3-4-5-6-7-8-9-10-11-12-13-14-15-16-17;1-2-4-6-5-3-1;;/h2-17H2,1H3;1-5H;2*1H. The van der Waals surface area contributed by atoms with Gasteiger partial charge >= 0.3 is 0 Å². The van der Waals surface area contributed by atoms with Crippen LogP contribution in [0.3, 0.4) is 0 Å². The van der Waals surface area contributed by atoms with Gasteiger partial charge in [-0.15, -0.1) is 24.8 Å². The topological polar surface area (TPSA) is 38.9 Å². The Bertz CT molecular complexity index is 256. The van der Waals surface area contributed by atoms with Crippen molar-refractivity contribution in [1.29, 1.82) is 0 Å². The second-order valence-corrected chi connectivity index (χ2v) is 6.41. The molecule has 0 spiro atoms. The van der Waals surface area contributed by atoms with Gasteiger partial charge in [-0.3, -0.25) is 4.98 Å². The first-order valence-corrected chi connectivity index (χ1v) is 9.97. The number of nitrogens with zero attached hydrogens (tertiary/aromatic N) is 1. The Morgan fingerprint density at radius 3 is 1.16 bits per heavy atom. The van der Waals surface area contributed by atoms with Crippen molar-refractivity contribution in [2.75, 3.05) is 6.54 Å². The number of rotatable bonds is 14. The highest BCUT2D eigenvalue weighted by atomic mass is 35.5. The molecule has 0 amide bonds. The molecule has 0 aliphatic carbocycles. The maximum atomic E-state index is 5.47. The highest BCUT2D eigenvalue weighted by Gasteiger charge is 1.93. The SMILES string of the molecule is CCCCCCCCCCCCCCCCN.Cl.Cl.c1ccncc1. The van der Waals surface area contributed by atoms with Crippen LogP contribution in [0.25, 0.3) is 0 Å². The van der Waals surface area contributed by atoms with E-state index in [-0.39, 0.29) is 24.8 Å². The van der Waals surface area contributed by atoms with Crippen LogP contribution in [0.5, 0.6) is 0 Å². The molecule has 0 atom stereocenters. The van der Waals surface area contributed by atoms with Crippen molar-refractivity contribution in [3.05, 3.63) is 30.6 Å². The normalized spacial score (nSPS) is 9.36. The number of nitrogens with two attached hydrogens (primary N) is 1.